The second-order valence-corrected chi connectivity index (χ2v) is 23.1. The summed E-state index contributed by atoms with van der Waals surface area (Å²) in [6.45, 7) is 12.5. The third-order valence-electron chi connectivity index (χ3n) is 14.8. The molecular formula is C62H81N11O10S. The Kier molecular flexibility index (Phi) is 23.5. The number of hydrogen-bond acceptors (Lipinski definition) is 17. The standard InChI is InChI=1S/C62H81N11O10S/c1-42-56(84-41-67-42)44-19-17-43(18-20-44)37-65-60(77)52-35-47(74)39-73(52)61(78)57(62(2,3)4)69-55(75)16-9-8-11-27-80-31-33-81-32-30-79-26-10-6-7-12-28-82-48-21-22-53-49(36-48)50(24-29-83-53)68-59(76)45-14-13-15-46(34-45)64-38-54-70-71-58(72(54)5)51-23-25-63-40-66-51/h13-15,17-23,25,34,36,40-41,47,50,52,57,64,74H,6-12,16,24,26-33,35,37-39H2,1-5H3,(H,65,77)(H,68,76)(H,69,75)/t47-,50-,52+,57?/m1/s1. The predicted molar refractivity (Wildman–Crippen MR) is 319 cm³/mol. The van der Waals surface area contributed by atoms with Gasteiger partial charge in [0.25, 0.3) is 5.91 Å². The summed E-state index contributed by atoms with van der Waals surface area (Å²) in [5.41, 5.74) is 7.01. The zero-order chi connectivity index (χ0) is 59.3. The van der Waals surface area contributed by atoms with E-state index >= 15 is 0 Å². The SMILES string of the molecule is Cc1ncsc1-c1ccc(CNC(=O)[C@@H]2C[C@@H](O)CN2C(=O)C(NC(=O)CCCCCOCCOCCOCCCCCCOc2ccc3c(c2)[C@H](NC(=O)c2cccc(NCc4nnc(-c5ccncn5)n4C)c2)CCO3)C(C)(C)C)cc1. The lowest BCUT2D eigenvalue weighted by Crippen LogP contribution is -2.57. The minimum atomic E-state index is -0.873. The summed E-state index contributed by atoms with van der Waals surface area (Å²) >= 11 is 1.58. The van der Waals surface area contributed by atoms with Crippen LogP contribution < -0.4 is 30.7 Å². The Labute approximate surface area is 496 Å². The lowest BCUT2D eigenvalue weighted by Gasteiger charge is -2.35. The normalized spacial score (nSPS) is 16.1. The van der Waals surface area contributed by atoms with Crippen LogP contribution in [0.15, 0.2) is 90.8 Å². The fraction of sp³-hybridized carbons (Fsp3) is 0.500. The molecule has 84 heavy (non-hydrogen) atoms. The van der Waals surface area contributed by atoms with Crippen molar-refractivity contribution in [3.05, 3.63) is 119 Å². The number of amides is 4. The molecule has 0 radical (unpaired) electrons. The number of hydrogen-bond donors (Lipinski definition) is 5. The molecule has 450 valence electrons. The monoisotopic (exact) mass is 1170 g/mol. The van der Waals surface area contributed by atoms with Crippen molar-refractivity contribution < 1.29 is 48.0 Å². The van der Waals surface area contributed by atoms with Gasteiger partial charge >= 0.3 is 0 Å². The number of nitrogens with one attached hydrogen (secondary N) is 4. The molecule has 0 spiro atoms. The van der Waals surface area contributed by atoms with Gasteiger partial charge in [-0.1, -0.05) is 63.9 Å². The number of anilines is 1. The fourth-order valence-corrected chi connectivity index (χ4v) is 10.9. The number of nitrogens with zero attached hydrogens (tertiary/aromatic N) is 7. The number of carbonyl (C=O) groups excluding carboxylic acids is 4. The number of aliphatic hydroxyl groups is 1. The molecule has 4 amide bonds. The molecule has 5 N–H and O–H groups in total. The van der Waals surface area contributed by atoms with E-state index in [-0.39, 0.29) is 55.6 Å². The van der Waals surface area contributed by atoms with Crippen LogP contribution in [0, 0.1) is 12.3 Å². The van der Waals surface area contributed by atoms with E-state index in [0.717, 1.165) is 83.0 Å². The van der Waals surface area contributed by atoms with Crippen LogP contribution in [0.2, 0.25) is 0 Å². The number of benzene rings is 3. The Bertz CT molecular complexity index is 3060. The number of carbonyl (C=O) groups is 4. The highest BCUT2D eigenvalue weighted by molar-refractivity contribution is 7.13. The molecule has 21 nitrogen and oxygen atoms in total. The van der Waals surface area contributed by atoms with Crippen molar-refractivity contribution in [2.24, 2.45) is 12.5 Å². The van der Waals surface area contributed by atoms with E-state index in [1.807, 2.05) is 105 Å². The molecular weight excluding hydrogens is 1090 g/mol. The number of β-amino-alcohol motifs (C(OH)–C–C–N with tert-alkyl or cyclic N) is 1. The maximum Gasteiger partial charge on any atom is 0.251 e. The number of rotatable bonds is 32. The van der Waals surface area contributed by atoms with Gasteiger partial charge in [0.05, 0.1) is 74.4 Å². The van der Waals surface area contributed by atoms with Crippen LogP contribution in [0.3, 0.4) is 0 Å². The number of aliphatic hydroxyl groups excluding tert-OH is 1. The van der Waals surface area contributed by atoms with Gasteiger partial charge in [0.1, 0.15) is 35.6 Å². The molecule has 0 saturated carbocycles. The van der Waals surface area contributed by atoms with Crippen LogP contribution in [-0.4, -0.2) is 141 Å². The third-order valence-corrected chi connectivity index (χ3v) is 15.8. The van der Waals surface area contributed by atoms with Gasteiger partial charge in [0, 0.05) is 75.6 Å². The summed E-state index contributed by atoms with van der Waals surface area (Å²) in [7, 11) is 1.89. The van der Waals surface area contributed by atoms with Gasteiger partial charge < -0.3 is 59.5 Å². The minimum absolute atomic E-state index is 0.0197. The first kappa shape index (κ1) is 62.7. The van der Waals surface area contributed by atoms with E-state index in [1.54, 1.807) is 29.7 Å². The van der Waals surface area contributed by atoms with Crippen molar-refractivity contribution in [3.8, 4) is 33.5 Å². The second kappa shape index (κ2) is 31.5. The molecule has 0 aliphatic carbocycles. The molecule has 6 aromatic rings. The summed E-state index contributed by atoms with van der Waals surface area (Å²) in [6, 6.07) is 20.9. The number of unbranched alkanes of at least 4 members (excludes halogenated alkanes) is 5. The van der Waals surface area contributed by atoms with E-state index in [4.69, 9.17) is 23.7 Å². The quantitative estimate of drug-likeness (QED) is 0.0251. The number of thiazole rings is 1. The van der Waals surface area contributed by atoms with Gasteiger partial charge in [0.15, 0.2) is 11.6 Å². The highest BCUT2D eigenvalue weighted by Gasteiger charge is 2.44. The maximum atomic E-state index is 14.0. The molecule has 2 aliphatic rings. The molecule has 0 bridgehead atoms. The number of fused-ring (bicyclic) bond motifs is 1. The van der Waals surface area contributed by atoms with E-state index in [2.05, 4.69) is 46.4 Å². The Balaban J connectivity index is 0.621. The van der Waals surface area contributed by atoms with E-state index in [9.17, 15) is 24.3 Å². The van der Waals surface area contributed by atoms with Crippen molar-refractivity contribution >= 4 is 40.7 Å². The van der Waals surface area contributed by atoms with Gasteiger partial charge in [-0.2, -0.15) is 0 Å². The van der Waals surface area contributed by atoms with Gasteiger partial charge in [-0.3, -0.25) is 19.2 Å². The van der Waals surface area contributed by atoms with Crippen LogP contribution in [-0.2, 0) is 48.7 Å². The second-order valence-electron chi connectivity index (χ2n) is 22.2. The van der Waals surface area contributed by atoms with Gasteiger partial charge in [-0.25, -0.2) is 15.0 Å². The lowest BCUT2D eigenvalue weighted by molar-refractivity contribution is -0.144. The first-order chi connectivity index (χ1) is 40.7. The molecule has 8 rings (SSSR count). The molecule has 2 aliphatic heterocycles. The van der Waals surface area contributed by atoms with E-state index in [0.29, 0.717) is 95.1 Å². The first-order valence-electron chi connectivity index (χ1n) is 29.2. The molecule has 1 unspecified atom stereocenters. The van der Waals surface area contributed by atoms with E-state index < -0.39 is 23.6 Å². The first-order valence-corrected chi connectivity index (χ1v) is 30.1. The summed E-state index contributed by atoms with van der Waals surface area (Å²) < 4.78 is 31.1. The molecule has 5 heterocycles. The molecule has 22 heteroatoms. The highest BCUT2D eigenvalue weighted by atomic mass is 32.1. The van der Waals surface area contributed by atoms with Crippen molar-refractivity contribution in [2.75, 3.05) is 64.7 Å². The van der Waals surface area contributed by atoms with Crippen molar-refractivity contribution in [1.29, 1.82) is 0 Å². The third kappa shape index (κ3) is 18.3. The van der Waals surface area contributed by atoms with Gasteiger partial charge in [-0.05, 0) is 98.0 Å². The number of ether oxygens (including phenoxy) is 5. The summed E-state index contributed by atoms with van der Waals surface area (Å²) in [5.74, 6) is 1.70. The smallest absolute Gasteiger partial charge is 0.251 e. The Morgan fingerprint density at radius 3 is 2.29 bits per heavy atom. The Morgan fingerprint density at radius 2 is 1.57 bits per heavy atom. The fourth-order valence-electron chi connectivity index (χ4n) is 10.0. The minimum Gasteiger partial charge on any atom is -0.494 e. The number of aromatic nitrogens is 6. The number of likely N-dealkylation sites (tertiary alicyclic amines) is 1. The van der Waals surface area contributed by atoms with Gasteiger partial charge in [-0.15, -0.1) is 21.5 Å². The van der Waals surface area contributed by atoms with Gasteiger partial charge in [0.2, 0.25) is 17.7 Å². The average Bonchev–Trinajstić information content (AvgIpc) is 4.40. The Morgan fingerprint density at radius 1 is 0.833 bits per heavy atom. The van der Waals surface area contributed by atoms with Crippen LogP contribution in [0.5, 0.6) is 11.5 Å². The van der Waals surface area contributed by atoms with Crippen molar-refractivity contribution in [2.45, 2.75) is 129 Å². The van der Waals surface area contributed by atoms with Crippen LogP contribution in [0.1, 0.15) is 124 Å². The van der Waals surface area contributed by atoms with Crippen LogP contribution in [0.4, 0.5) is 5.69 Å². The summed E-state index contributed by atoms with van der Waals surface area (Å²) in [5, 5.41) is 31.7. The molecule has 1 saturated heterocycles. The zero-order valence-corrected chi connectivity index (χ0v) is 49.8. The summed E-state index contributed by atoms with van der Waals surface area (Å²) in [4.78, 5) is 69.3. The summed E-state index contributed by atoms with van der Waals surface area (Å²) in [6.07, 6.45) is 9.39. The lowest BCUT2D eigenvalue weighted by atomic mass is 9.85. The molecule has 4 atom stereocenters. The maximum absolute atomic E-state index is 14.0. The van der Waals surface area contributed by atoms with Crippen molar-refractivity contribution in [3.63, 3.8) is 0 Å². The zero-order valence-electron chi connectivity index (χ0n) is 49.0. The number of aryl methyl sites for hydroxylation is 1. The Hall–Kier alpha value is -7.37. The molecule has 1 fully saturated rings. The largest absolute Gasteiger partial charge is 0.494 e. The average molecular weight is 1170 g/mol. The molecule has 3 aromatic heterocycles. The van der Waals surface area contributed by atoms with Crippen LogP contribution >= 0.6 is 11.3 Å². The van der Waals surface area contributed by atoms with Crippen molar-refractivity contribution in [1.82, 2.24) is 50.6 Å². The highest BCUT2D eigenvalue weighted by Crippen LogP contribution is 2.36. The molecule has 3 aromatic carbocycles. The van der Waals surface area contributed by atoms with Crippen LogP contribution in [0.25, 0.3) is 22.0 Å². The van der Waals surface area contributed by atoms with E-state index in [1.165, 1.54) is 11.2 Å². The topological polar surface area (TPSA) is 255 Å². The predicted octanol–water partition coefficient (Wildman–Crippen LogP) is 7.93.